The van der Waals surface area contributed by atoms with Crippen LogP contribution in [0.5, 0.6) is 0 Å². The van der Waals surface area contributed by atoms with Crippen LogP contribution in [0.4, 0.5) is 0 Å². The lowest BCUT2D eigenvalue weighted by molar-refractivity contribution is 0.0495. The summed E-state index contributed by atoms with van der Waals surface area (Å²) in [5.41, 5.74) is 0. The summed E-state index contributed by atoms with van der Waals surface area (Å²) in [5, 5.41) is 3.34. The topological polar surface area (TPSA) is 21.3 Å². The van der Waals surface area contributed by atoms with Crippen molar-refractivity contribution in [3.05, 3.63) is 0 Å². The Balaban J connectivity index is 2.70. The molecule has 0 aliphatic carbocycles. The fourth-order valence-corrected chi connectivity index (χ4v) is 2.39. The van der Waals surface area contributed by atoms with Gasteiger partial charge < -0.3 is 10.1 Å². The van der Waals surface area contributed by atoms with Gasteiger partial charge in [-0.3, -0.25) is 0 Å². The lowest BCUT2D eigenvalue weighted by Crippen LogP contribution is -2.40. The Bertz CT molecular complexity index is 221. The van der Waals surface area contributed by atoms with Crippen molar-refractivity contribution in [2.24, 2.45) is 11.8 Å². The van der Waals surface area contributed by atoms with Crippen LogP contribution in [0, 0.1) is 24.2 Å². The Hall–Kier alpha value is -0.520. The van der Waals surface area contributed by atoms with Crippen molar-refractivity contribution < 1.29 is 4.74 Å². The fraction of sp³-hybridized carbons (Fsp3) is 0.833. The van der Waals surface area contributed by atoms with E-state index in [1.54, 1.807) is 0 Å². The van der Waals surface area contributed by atoms with E-state index < -0.39 is 0 Å². The molecule has 1 N–H and O–H groups in total. The molecule has 80 valence electrons. The predicted octanol–water partition coefficient (Wildman–Crippen LogP) is 1.66. The number of terminal acetylenes is 1. The first-order valence-corrected chi connectivity index (χ1v) is 5.46. The van der Waals surface area contributed by atoms with E-state index in [2.05, 4.69) is 38.9 Å². The van der Waals surface area contributed by atoms with E-state index in [1.807, 2.05) is 0 Å². The maximum atomic E-state index is 5.78. The van der Waals surface area contributed by atoms with E-state index in [4.69, 9.17) is 11.2 Å². The molecule has 2 heteroatoms. The van der Waals surface area contributed by atoms with Gasteiger partial charge in [0.2, 0.25) is 0 Å². The Kier molecular flexibility index (Phi) is 3.97. The Morgan fingerprint density at radius 2 is 2.00 bits per heavy atom. The zero-order valence-electron chi connectivity index (χ0n) is 9.58. The van der Waals surface area contributed by atoms with Gasteiger partial charge in [-0.15, -0.1) is 6.42 Å². The zero-order valence-corrected chi connectivity index (χ0v) is 9.58. The fourth-order valence-electron chi connectivity index (χ4n) is 2.39. The van der Waals surface area contributed by atoms with E-state index in [0.29, 0.717) is 17.9 Å². The van der Waals surface area contributed by atoms with Gasteiger partial charge in [-0.1, -0.05) is 19.8 Å². The molecule has 1 aliphatic rings. The molecule has 2 nitrogen and oxygen atoms in total. The van der Waals surface area contributed by atoms with E-state index in [0.717, 1.165) is 6.54 Å². The van der Waals surface area contributed by atoms with Gasteiger partial charge in [0, 0.05) is 5.92 Å². The molecule has 0 aromatic rings. The molecule has 5 unspecified atom stereocenters. The molecule has 0 spiro atoms. The second-order valence-electron chi connectivity index (χ2n) is 4.18. The molecular formula is C12H21NO. The van der Waals surface area contributed by atoms with Crippen LogP contribution in [0.25, 0.3) is 0 Å². The van der Waals surface area contributed by atoms with Gasteiger partial charge in [-0.05, 0) is 26.3 Å². The van der Waals surface area contributed by atoms with Crippen molar-refractivity contribution in [2.45, 2.75) is 45.9 Å². The lowest BCUT2D eigenvalue weighted by atomic mass is 9.84. The maximum absolute atomic E-state index is 5.78. The molecule has 1 heterocycles. The van der Waals surface area contributed by atoms with Crippen LogP contribution in [0.3, 0.4) is 0 Å². The number of hydrogen-bond donors (Lipinski definition) is 1. The highest BCUT2D eigenvalue weighted by atomic mass is 16.5. The van der Waals surface area contributed by atoms with Gasteiger partial charge in [-0.25, -0.2) is 0 Å². The lowest BCUT2D eigenvalue weighted by Gasteiger charge is -2.25. The summed E-state index contributed by atoms with van der Waals surface area (Å²) < 4.78 is 5.78. The largest absolute Gasteiger partial charge is 0.375 e. The average Bonchev–Trinajstić information content (AvgIpc) is 2.39. The first kappa shape index (κ1) is 11.6. The van der Waals surface area contributed by atoms with Crippen molar-refractivity contribution in [2.75, 3.05) is 6.54 Å². The van der Waals surface area contributed by atoms with Gasteiger partial charge in [0.1, 0.15) is 0 Å². The zero-order chi connectivity index (χ0) is 10.7. The minimum Gasteiger partial charge on any atom is -0.375 e. The molecule has 1 aliphatic heterocycles. The second-order valence-corrected chi connectivity index (χ2v) is 4.18. The number of ether oxygens (including phenoxy) is 1. The summed E-state index contributed by atoms with van der Waals surface area (Å²) in [6, 6.07) is 0.148. The SMILES string of the molecule is C#CC(NCC)C1C(C)OC(C)C1C. The minimum absolute atomic E-state index is 0.148. The molecule has 5 atom stereocenters. The Labute approximate surface area is 87.4 Å². The molecular weight excluding hydrogens is 174 g/mol. The highest BCUT2D eigenvalue weighted by Crippen LogP contribution is 2.34. The minimum atomic E-state index is 0.148. The van der Waals surface area contributed by atoms with Gasteiger partial charge in [0.25, 0.3) is 0 Å². The van der Waals surface area contributed by atoms with Crippen molar-refractivity contribution in [1.29, 1.82) is 0 Å². The normalized spacial score (nSPS) is 39.4. The van der Waals surface area contributed by atoms with Gasteiger partial charge in [0.15, 0.2) is 0 Å². The summed E-state index contributed by atoms with van der Waals surface area (Å²) >= 11 is 0. The molecule has 0 aromatic carbocycles. The number of rotatable bonds is 3. The third-order valence-corrected chi connectivity index (χ3v) is 3.31. The quantitative estimate of drug-likeness (QED) is 0.691. The van der Waals surface area contributed by atoms with Crippen LogP contribution in [0.2, 0.25) is 0 Å². The van der Waals surface area contributed by atoms with Crippen LogP contribution in [-0.4, -0.2) is 24.8 Å². The highest BCUT2D eigenvalue weighted by molar-refractivity contribution is 5.07. The maximum Gasteiger partial charge on any atom is 0.0743 e. The van der Waals surface area contributed by atoms with Crippen molar-refractivity contribution in [1.82, 2.24) is 5.32 Å². The number of nitrogens with one attached hydrogen (secondary N) is 1. The van der Waals surface area contributed by atoms with Gasteiger partial charge >= 0.3 is 0 Å². The number of hydrogen-bond acceptors (Lipinski definition) is 2. The van der Waals surface area contributed by atoms with Crippen LogP contribution < -0.4 is 5.32 Å². The van der Waals surface area contributed by atoms with Crippen LogP contribution in [0.1, 0.15) is 27.7 Å². The van der Waals surface area contributed by atoms with E-state index in [1.165, 1.54) is 0 Å². The van der Waals surface area contributed by atoms with Gasteiger partial charge in [-0.2, -0.15) is 0 Å². The second kappa shape index (κ2) is 4.82. The third-order valence-electron chi connectivity index (χ3n) is 3.31. The standard InChI is InChI=1S/C12H21NO/c1-6-11(13-7-2)12-8(3)9(4)14-10(12)5/h1,8-13H,7H2,2-5H3. The summed E-state index contributed by atoms with van der Waals surface area (Å²) in [6.07, 6.45) is 6.13. The van der Waals surface area contributed by atoms with E-state index in [9.17, 15) is 0 Å². The molecule has 1 rings (SSSR count). The molecule has 1 fully saturated rings. The van der Waals surface area contributed by atoms with E-state index >= 15 is 0 Å². The van der Waals surface area contributed by atoms with Gasteiger partial charge in [0.05, 0.1) is 18.2 Å². The smallest absolute Gasteiger partial charge is 0.0743 e. The third kappa shape index (κ3) is 2.10. The molecule has 0 aromatic heterocycles. The predicted molar refractivity (Wildman–Crippen MR) is 59.0 cm³/mol. The highest BCUT2D eigenvalue weighted by Gasteiger charge is 2.40. The van der Waals surface area contributed by atoms with Crippen LogP contribution in [-0.2, 0) is 4.74 Å². The summed E-state index contributed by atoms with van der Waals surface area (Å²) in [7, 11) is 0. The summed E-state index contributed by atoms with van der Waals surface area (Å²) in [4.78, 5) is 0. The van der Waals surface area contributed by atoms with Crippen molar-refractivity contribution in [3.8, 4) is 12.3 Å². The Morgan fingerprint density at radius 1 is 1.36 bits per heavy atom. The molecule has 0 amide bonds. The van der Waals surface area contributed by atoms with Crippen molar-refractivity contribution in [3.63, 3.8) is 0 Å². The molecule has 0 bridgehead atoms. The molecule has 1 saturated heterocycles. The summed E-state index contributed by atoms with van der Waals surface area (Å²) in [6.45, 7) is 9.46. The molecule has 14 heavy (non-hydrogen) atoms. The van der Waals surface area contributed by atoms with Crippen LogP contribution in [0.15, 0.2) is 0 Å². The van der Waals surface area contributed by atoms with Crippen LogP contribution >= 0.6 is 0 Å². The average molecular weight is 195 g/mol. The van der Waals surface area contributed by atoms with E-state index in [-0.39, 0.29) is 12.1 Å². The summed E-state index contributed by atoms with van der Waals surface area (Å²) in [5.74, 6) is 3.81. The molecule has 0 saturated carbocycles. The monoisotopic (exact) mass is 195 g/mol. The first-order valence-electron chi connectivity index (χ1n) is 5.46. The molecule has 0 radical (unpaired) electrons. The first-order chi connectivity index (χ1) is 6.61. The Morgan fingerprint density at radius 3 is 2.36 bits per heavy atom. The van der Waals surface area contributed by atoms with Crippen molar-refractivity contribution >= 4 is 0 Å².